The van der Waals surface area contributed by atoms with Crippen LogP contribution in [0.15, 0.2) is 0 Å². The number of hydrogen-bond acceptors (Lipinski definition) is 4. The Balaban J connectivity index is 3.73. The van der Waals surface area contributed by atoms with Crippen molar-refractivity contribution in [1.29, 1.82) is 0 Å². The lowest BCUT2D eigenvalue weighted by atomic mass is 10.2. The molecule has 0 aromatic heterocycles. The van der Waals surface area contributed by atoms with Gasteiger partial charge in [-0.3, -0.25) is 10.1 Å². The highest BCUT2D eigenvalue weighted by atomic mass is 16.4. The van der Waals surface area contributed by atoms with Crippen molar-refractivity contribution in [2.24, 2.45) is 0 Å². The third-order valence-electron chi connectivity index (χ3n) is 1.71. The van der Waals surface area contributed by atoms with Gasteiger partial charge in [-0.1, -0.05) is 13.3 Å². The molecule has 0 saturated heterocycles. The molecule has 0 aliphatic carbocycles. The Bertz CT molecular complexity index is 151. The molecule has 0 heterocycles. The lowest BCUT2D eigenvalue weighted by molar-refractivity contribution is -0.141. The van der Waals surface area contributed by atoms with Crippen LogP contribution in [0.3, 0.4) is 0 Å². The number of nitrogens with one attached hydrogen (secondary N) is 1. The summed E-state index contributed by atoms with van der Waals surface area (Å²) in [5.74, 6) is -1.15. The van der Waals surface area contributed by atoms with E-state index in [0.29, 0.717) is 6.42 Å². The Morgan fingerprint density at radius 2 is 2.15 bits per heavy atom. The van der Waals surface area contributed by atoms with Crippen LogP contribution in [0.25, 0.3) is 0 Å². The Kier molecular flexibility index (Phi) is 6.48. The number of rotatable bonds is 7. The highest BCUT2D eigenvalue weighted by Gasteiger charge is 2.18. The van der Waals surface area contributed by atoms with Gasteiger partial charge in [-0.2, -0.15) is 0 Å². The maximum Gasteiger partial charge on any atom is 0.323 e. The van der Waals surface area contributed by atoms with Crippen LogP contribution in [-0.4, -0.2) is 40.2 Å². The third kappa shape index (κ3) is 5.57. The first-order valence-corrected chi connectivity index (χ1v) is 4.39. The maximum atomic E-state index is 10.4. The molecule has 1 unspecified atom stereocenters. The minimum atomic E-state index is -1.15. The topological polar surface area (TPSA) is 89.8 Å². The summed E-state index contributed by atoms with van der Waals surface area (Å²) in [7, 11) is 0. The zero-order valence-corrected chi connectivity index (χ0v) is 7.73. The summed E-state index contributed by atoms with van der Waals surface area (Å²) in [4.78, 5) is 10.4. The van der Waals surface area contributed by atoms with E-state index in [9.17, 15) is 9.90 Å². The minimum absolute atomic E-state index is 0.500. The molecule has 0 aromatic rings. The van der Waals surface area contributed by atoms with E-state index in [1.165, 1.54) is 0 Å². The van der Waals surface area contributed by atoms with E-state index in [4.69, 9.17) is 10.2 Å². The SMILES string of the molecule is CCCCC(O)N[C@@H](CO)C(=O)O. The monoisotopic (exact) mass is 191 g/mol. The Labute approximate surface area is 77.4 Å². The molecule has 0 aromatic carbocycles. The average Bonchev–Trinajstić information content (AvgIpc) is 2.10. The van der Waals surface area contributed by atoms with Crippen molar-refractivity contribution in [2.45, 2.75) is 38.5 Å². The van der Waals surface area contributed by atoms with E-state index in [1.807, 2.05) is 6.92 Å². The molecule has 78 valence electrons. The lowest BCUT2D eigenvalue weighted by Crippen LogP contribution is -2.45. The van der Waals surface area contributed by atoms with Crippen LogP contribution in [0.5, 0.6) is 0 Å². The highest BCUT2D eigenvalue weighted by molar-refractivity contribution is 5.73. The van der Waals surface area contributed by atoms with Gasteiger partial charge in [0, 0.05) is 0 Å². The fourth-order valence-electron chi connectivity index (χ4n) is 0.915. The molecule has 5 nitrogen and oxygen atoms in total. The van der Waals surface area contributed by atoms with E-state index >= 15 is 0 Å². The summed E-state index contributed by atoms with van der Waals surface area (Å²) < 4.78 is 0. The Hall–Kier alpha value is -0.650. The van der Waals surface area contributed by atoms with Crippen molar-refractivity contribution < 1.29 is 20.1 Å². The number of aliphatic carboxylic acids is 1. The second-order valence-electron chi connectivity index (χ2n) is 2.90. The molecule has 0 aliphatic rings. The summed E-state index contributed by atoms with van der Waals surface area (Å²) in [5, 5.41) is 28.8. The van der Waals surface area contributed by atoms with Gasteiger partial charge in [0.05, 0.1) is 6.61 Å². The lowest BCUT2D eigenvalue weighted by Gasteiger charge is -2.16. The molecule has 4 N–H and O–H groups in total. The fraction of sp³-hybridized carbons (Fsp3) is 0.875. The first-order valence-electron chi connectivity index (χ1n) is 4.39. The molecule has 5 heteroatoms. The van der Waals surface area contributed by atoms with Gasteiger partial charge in [-0.25, -0.2) is 0 Å². The van der Waals surface area contributed by atoms with Gasteiger partial charge >= 0.3 is 5.97 Å². The quantitative estimate of drug-likeness (QED) is 0.408. The molecular formula is C8H17NO4. The number of hydrogen-bond donors (Lipinski definition) is 4. The number of carboxylic acids is 1. The van der Waals surface area contributed by atoms with Crippen LogP contribution in [0, 0.1) is 0 Å². The zero-order chi connectivity index (χ0) is 10.3. The van der Waals surface area contributed by atoms with Gasteiger partial charge in [-0.15, -0.1) is 0 Å². The van der Waals surface area contributed by atoms with Gasteiger partial charge in [0.2, 0.25) is 0 Å². The van der Waals surface area contributed by atoms with Crippen molar-refractivity contribution in [3.05, 3.63) is 0 Å². The van der Waals surface area contributed by atoms with Gasteiger partial charge in [-0.05, 0) is 12.8 Å². The molecule has 0 fully saturated rings. The van der Waals surface area contributed by atoms with Gasteiger partial charge in [0.15, 0.2) is 0 Å². The Morgan fingerprint density at radius 3 is 2.54 bits per heavy atom. The van der Waals surface area contributed by atoms with Gasteiger partial charge in [0.1, 0.15) is 12.3 Å². The molecule has 2 atom stereocenters. The summed E-state index contributed by atoms with van der Waals surface area (Å²) in [6.07, 6.45) is 1.41. The van der Waals surface area contributed by atoms with E-state index in [-0.39, 0.29) is 0 Å². The van der Waals surface area contributed by atoms with Crippen molar-refractivity contribution in [3.63, 3.8) is 0 Å². The van der Waals surface area contributed by atoms with E-state index in [2.05, 4.69) is 5.32 Å². The molecule has 0 spiro atoms. The first kappa shape index (κ1) is 12.3. The molecule has 0 bridgehead atoms. The van der Waals surface area contributed by atoms with Crippen LogP contribution in [0.1, 0.15) is 26.2 Å². The fourth-order valence-corrected chi connectivity index (χ4v) is 0.915. The molecule has 0 rings (SSSR count). The van der Waals surface area contributed by atoms with E-state index in [1.54, 1.807) is 0 Å². The van der Waals surface area contributed by atoms with Crippen LogP contribution in [0.4, 0.5) is 0 Å². The van der Waals surface area contributed by atoms with Crippen LogP contribution >= 0.6 is 0 Å². The minimum Gasteiger partial charge on any atom is -0.480 e. The molecule has 0 aliphatic heterocycles. The number of carbonyl (C=O) groups is 1. The van der Waals surface area contributed by atoms with Crippen molar-refractivity contribution in [1.82, 2.24) is 5.32 Å². The average molecular weight is 191 g/mol. The van der Waals surface area contributed by atoms with Crippen LogP contribution in [0.2, 0.25) is 0 Å². The number of aliphatic hydroxyl groups excluding tert-OH is 2. The predicted molar refractivity (Wildman–Crippen MR) is 47.2 cm³/mol. The smallest absolute Gasteiger partial charge is 0.323 e. The summed E-state index contributed by atoms with van der Waals surface area (Å²) in [6, 6.07) is -1.08. The standard InChI is InChI=1S/C8H17NO4/c1-2-3-4-7(11)9-6(5-10)8(12)13/h6-7,9-11H,2-5H2,1H3,(H,12,13)/t6-,7?/m0/s1. The van der Waals surface area contributed by atoms with Crippen LogP contribution in [-0.2, 0) is 4.79 Å². The zero-order valence-electron chi connectivity index (χ0n) is 7.73. The van der Waals surface area contributed by atoms with E-state index in [0.717, 1.165) is 12.8 Å². The third-order valence-corrected chi connectivity index (χ3v) is 1.71. The molecule has 0 amide bonds. The van der Waals surface area contributed by atoms with Crippen molar-refractivity contribution in [3.8, 4) is 0 Å². The summed E-state index contributed by atoms with van der Waals surface area (Å²) >= 11 is 0. The van der Waals surface area contributed by atoms with E-state index < -0.39 is 24.8 Å². The number of carboxylic acid groups (broad SMARTS) is 1. The second kappa shape index (κ2) is 6.82. The predicted octanol–water partition coefficient (Wildman–Crippen LogP) is -0.470. The number of unbranched alkanes of at least 4 members (excludes halogenated alkanes) is 1. The largest absolute Gasteiger partial charge is 0.480 e. The molecule has 0 saturated carbocycles. The number of aliphatic hydroxyl groups is 2. The van der Waals surface area contributed by atoms with Crippen molar-refractivity contribution in [2.75, 3.05) is 6.61 Å². The summed E-state index contributed by atoms with van der Waals surface area (Å²) in [6.45, 7) is 1.46. The van der Waals surface area contributed by atoms with Gasteiger partial charge in [0.25, 0.3) is 0 Å². The Morgan fingerprint density at radius 1 is 1.54 bits per heavy atom. The molecule has 0 radical (unpaired) electrons. The molecule has 13 heavy (non-hydrogen) atoms. The highest BCUT2D eigenvalue weighted by Crippen LogP contribution is 1.98. The van der Waals surface area contributed by atoms with Crippen LogP contribution < -0.4 is 5.32 Å². The normalized spacial score (nSPS) is 15.3. The van der Waals surface area contributed by atoms with Gasteiger partial charge < -0.3 is 15.3 Å². The second-order valence-corrected chi connectivity index (χ2v) is 2.90. The van der Waals surface area contributed by atoms with Crippen molar-refractivity contribution >= 4 is 5.97 Å². The maximum absolute atomic E-state index is 10.4. The first-order chi connectivity index (χ1) is 6.11. The summed E-state index contributed by atoms with van der Waals surface area (Å²) in [5.41, 5.74) is 0. The molecular weight excluding hydrogens is 174 g/mol.